The summed E-state index contributed by atoms with van der Waals surface area (Å²) in [5.41, 5.74) is 2.90. The molecule has 0 unspecified atom stereocenters. The normalized spacial score (nSPS) is 17.8. The van der Waals surface area contributed by atoms with Gasteiger partial charge in [-0.25, -0.2) is 0 Å². The number of rotatable bonds is 6. The van der Waals surface area contributed by atoms with Crippen molar-refractivity contribution in [2.45, 2.75) is 26.4 Å². The van der Waals surface area contributed by atoms with Crippen molar-refractivity contribution in [1.29, 1.82) is 0 Å². The third-order valence-electron chi connectivity index (χ3n) is 3.88. The summed E-state index contributed by atoms with van der Waals surface area (Å²) in [7, 11) is 2.01. The molecule has 1 saturated heterocycles. The summed E-state index contributed by atoms with van der Waals surface area (Å²) in [4.78, 5) is 5.16. The first kappa shape index (κ1) is 14.5. The summed E-state index contributed by atoms with van der Waals surface area (Å²) in [6.07, 6.45) is 1.27. The first-order chi connectivity index (χ1) is 9.33. The van der Waals surface area contributed by atoms with E-state index >= 15 is 0 Å². The Labute approximate surface area is 117 Å². The van der Waals surface area contributed by atoms with Gasteiger partial charge in [-0.1, -0.05) is 31.2 Å². The molecule has 3 nitrogen and oxygen atoms in total. The Morgan fingerprint density at radius 3 is 2.26 bits per heavy atom. The van der Waals surface area contributed by atoms with E-state index in [4.69, 9.17) is 0 Å². The van der Waals surface area contributed by atoms with Crippen LogP contribution >= 0.6 is 0 Å². The molecule has 0 radical (unpaired) electrons. The van der Waals surface area contributed by atoms with Crippen molar-refractivity contribution in [3.05, 3.63) is 35.4 Å². The fraction of sp³-hybridized carbons (Fsp3) is 0.625. The topological polar surface area (TPSA) is 18.5 Å². The van der Waals surface area contributed by atoms with E-state index in [0.717, 1.165) is 13.1 Å². The van der Waals surface area contributed by atoms with Crippen LogP contribution in [0.2, 0.25) is 0 Å². The molecular weight excluding hydrogens is 234 g/mol. The molecule has 106 valence electrons. The van der Waals surface area contributed by atoms with Gasteiger partial charge in [-0.2, -0.15) is 0 Å². The average molecular weight is 261 g/mol. The number of nitrogens with one attached hydrogen (secondary N) is 1. The second-order valence-electron chi connectivity index (χ2n) is 5.42. The van der Waals surface area contributed by atoms with Gasteiger partial charge in [0.25, 0.3) is 0 Å². The highest BCUT2D eigenvalue weighted by atomic mass is 15.3. The molecule has 0 amide bonds. The lowest BCUT2D eigenvalue weighted by Crippen LogP contribution is -2.46. The molecule has 1 aliphatic rings. The van der Waals surface area contributed by atoms with E-state index in [2.05, 4.69) is 46.3 Å². The summed E-state index contributed by atoms with van der Waals surface area (Å²) in [5, 5.41) is 3.26. The lowest BCUT2D eigenvalue weighted by atomic mass is 10.1. The van der Waals surface area contributed by atoms with Crippen molar-refractivity contribution in [3.63, 3.8) is 0 Å². The zero-order valence-electron chi connectivity index (χ0n) is 12.4. The fourth-order valence-electron chi connectivity index (χ4n) is 2.80. The summed E-state index contributed by atoms with van der Waals surface area (Å²) in [5.74, 6) is 0. The standard InChI is InChI=1S/C16H27N3/c1-3-8-18-9-11-19(12-10-18)14-16-7-5-4-6-15(16)13-17-2/h4-7,17H,3,8-14H2,1-2H3. The Bertz CT molecular complexity index is 370. The second-order valence-corrected chi connectivity index (χ2v) is 5.42. The van der Waals surface area contributed by atoms with Gasteiger partial charge in [0.05, 0.1) is 0 Å². The Hall–Kier alpha value is -0.900. The lowest BCUT2D eigenvalue weighted by molar-refractivity contribution is 0.127. The predicted octanol–water partition coefficient (Wildman–Crippen LogP) is 1.93. The van der Waals surface area contributed by atoms with Crippen LogP contribution in [0, 0.1) is 0 Å². The molecule has 19 heavy (non-hydrogen) atoms. The molecule has 1 aromatic carbocycles. The van der Waals surface area contributed by atoms with Crippen LogP contribution < -0.4 is 5.32 Å². The highest BCUT2D eigenvalue weighted by Crippen LogP contribution is 2.13. The van der Waals surface area contributed by atoms with Gasteiger partial charge >= 0.3 is 0 Å². The van der Waals surface area contributed by atoms with Crippen LogP contribution in [0.4, 0.5) is 0 Å². The molecule has 0 aromatic heterocycles. The molecule has 3 heteroatoms. The number of hydrogen-bond acceptors (Lipinski definition) is 3. The van der Waals surface area contributed by atoms with Gasteiger partial charge in [0.15, 0.2) is 0 Å². The molecule has 1 fully saturated rings. The largest absolute Gasteiger partial charge is 0.316 e. The SMILES string of the molecule is CCCN1CCN(Cc2ccccc2CNC)CC1. The molecule has 0 saturated carbocycles. The maximum Gasteiger partial charge on any atom is 0.0238 e. The maximum atomic E-state index is 3.26. The summed E-state index contributed by atoms with van der Waals surface area (Å²) in [6.45, 7) is 10.4. The first-order valence-electron chi connectivity index (χ1n) is 7.49. The molecule has 0 spiro atoms. The molecule has 2 rings (SSSR count). The van der Waals surface area contributed by atoms with E-state index in [1.807, 2.05) is 7.05 Å². The third-order valence-corrected chi connectivity index (χ3v) is 3.88. The Balaban J connectivity index is 1.88. The van der Waals surface area contributed by atoms with Crippen LogP contribution in [0.3, 0.4) is 0 Å². The fourth-order valence-corrected chi connectivity index (χ4v) is 2.80. The zero-order chi connectivity index (χ0) is 13.5. The van der Waals surface area contributed by atoms with Crippen LogP contribution in [0.1, 0.15) is 24.5 Å². The van der Waals surface area contributed by atoms with Gasteiger partial charge in [0.1, 0.15) is 0 Å². The van der Waals surface area contributed by atoms with Crippen LogP contribution in [-0.2, 0) is 13.1 Å². The van der Waals surface area contributed by atoms with Crippen molar-refractivity contribution in [2.24, 2.45) is 0 Å². The molecule has 1 heterocycles. The Morgan fingerprint density at radius 2 is 1.63 bits per heavy atom. The molecule has 1 aliphatic heterocycles. The van der Waals surface area contributed by atoms with Gasteiger partial charge in [0, 0.05) is 39.3 Å². The van der Waals surface area contributed by atoms with E-state index in [0.29, 0.717) is 0 Å². The van der Waals surface area contributed by atoms with Crippen molar-refractivity contribution in [3.8, 4) is 0 Å². The van der Waals surface area contributed by atoms with Crippen molar-refractivity contribution >= 4 is 0 Å². The van der Waals surface area contributed by atoms with E-state index in [1.165, 1.54) is 50.3 Å². The van der Waals surface area contributed by atoms with Crippen LogP contribution in [0.25, 0.3) is 0 Å². The zero-order valence-corrected chi connectivity index (χ0v) is 12.4. The monoisotopic (exact) mass is 261 g/mol. The maximum absolute atomic E-state index is 3.26. The number of piperazine rings is 1. The third kappa shape index (κ3) is 4.30. The number of hydrogen-bond donors (Lipinski definition) is 1. The molecular formula is C16H27N3. The molecule has 0 bridgehead atoms. The van der Waals surface area contributed by atoms with Gasteiger partial charge in [-0.05, 0) is 31.1 Å². The van der Waals surface area contributed by atoms with Crippen molar-refractivity contribution in [2.75, 3.05) is 39.8 Å². The van der Waals surface area contributed by atoms with Gasteiger partial charge in [0.2, 0.25) is 0 Å². The lowest BCUT2D eigenvalue weighted by Gasteiger charge is -2.34. The number of nitrogens with zero attached hydrogens (tertiary/aromatic N) is 2. The van der Waals surface area contributed by atoms with Crippen LogP contribution in [0.15, 0.2) is 24.3 Å². The second kappa shape index (κ2) is 7.63. The molecule has 1 aromatic rings. The van der Waals surface area contributed by atoms with E-state index in [9.17, 15) is 0 Å². The summed E-state index contributed by atoms with van der Waals surface area (Å²) in [6, 6.07) is 8.79. The number of benzene rings is 1. The summed E-state index contributed by atoms with van der Waals surface area (Å²) >= 11 is 0. The Kier molecular flexibility index (Phi) is 5.83. The quantitative estimate of drug-likeness (QED) is 0.844. The first-order valence-corrected chi connectivity index (χ1v) is 7.49. The minimum atomic E-state index is 0.964. The minimum Gasteiger partial charge on any atom is -0.316 e. The van der Waals surface area contributed by atoms with E-state index < -0.39 is 0 Å². The van der Waals surface area contributed by atoms with Crippen LogP contribution in [-0.4, -0.2) is 49.6 Å². The minimum absolute atomic E-state index is 0.964. The molecule has 0 aliphatic carbocycles. The van der Waals surface area contributed by atoms with E-state index in [-0.39, 0.29) is 0 Å². The highest BCUT2D eigenvalue weighted by molar-refractivity contribution is 5.27. The van der Waals surface area contributed by atoms with Gasteiger partial charge in [-0.3, -0.25) is 4.90 Å². The van der Waals surface area contributed by atoms with Crippen molar-refractivity contribution in [1.82, 2.24) is 15.1 Å². The predicted molar refractivity (Wildman–Crippen MR) is 81.2 cm³/mol. The average Bonchev–Trinajstić information content (AvgIpc) is 2.44. The smallest absolute Gasteiger partial charge is 0.0238 e. The van der Waals surface area contributed by atoms with Crippen LogP contribution in [0.5, 0.6) is 0 Å². The summed E-state index contributed by atoms with van der Waals surface area (Å²) < 4.78 is 0. The Morgan fingerprint density at radius 1 is 1.00 bits per heavy atom. The van der Waals surface area contributed by atoms with E-state index in [1.54, 1.807) is 0 Å². The highest BCUT2D eigenvalue weighted by Gasteiger charge is 2.16. The van der Waals surface area contributed by atoms with Crippen molar-refractivity contribution < 1.29 is 0 Å². The van der Waals surface area contributed by atoms with Gasteiger partial charge < -0.3 is 10.2 Å². The van der Waals surface area contributed by atoms with Gasteiger partial charge in [-0.15, -0.1) is 0 Å². The molecule has 1 N–H and O–H groups in total. The molecule has 0 atom stereocenters.